The average molecular weight is 412 g/mol. The smallest absolute Gasteiger partial charge is 0.387 e. The molecule has 0 aliphatic rings. The summed E-state index contributed by atoms with van der Waals surface area (Å²) in [5.41, 5.74) is 2.61. The van der Waals surface area contributed by atoms with E-state index in [9.17, 15) is 9.59 Å². The number of carbonyl (C=O) groups excluding carboxylic acids is 1. The number of anilines is 1. The number of nitrogens with zero attached hydrogens (tertiary/aromatic N) is 3. The third-order valence-electron chi connectivity index (χ3n) is 3.97. The number of rotatable bonds is 6. The van der Waals surface area contributed by atoms with E-state index in [2.05, 4.69) is 15.4 Å². The molecule has 0 atom stereocenters. The monoisotopic (exact) mass is 412 g/mol. The Labute approximate surface area is 168 Å². The normalized spacial score (nSPS) is 10.9. The lowest BCUT2D eigenvalue weighted by molar-refractivity contribution is -0.116. The Kier molecular flexibility index (Phi) is 5.18. The minimum Gasteiger partial charge on any atom is -0.387 e. The number of carbonyl (C=O) groups is 1. The number of aryl methyl sites for hydroxylation is 2. The van der Waals surface area contributed by atoms with Crippen LogP contribution in [0.2, 0.25) is 0 Å². The Bertz CT molecular complexity index is 1140. The van der Waals surface area contributed by atoms with Crippen LogP contribution in [-0.2, 0) is 11.3 Å². The average Bonchev–Trinajstić information content (AvgIpc) is 3.42. The first kappa shape index (κ1) is 18.3. The highest BCUT2D eigenvalue weighted by atomic mass is 32.1. The SMILES string of the molecule is Cc1nc(-c2ccc(NC(=O)CCn3nc(-c4cccs4)oc3=O)cc2)cs1. The summed E-state index contributed by atoms with van der Waals surface area (Å²) in [6.45, 7) is 2.11. The highest BCUT2D eigenvalue weighted by molar-refractivity contribution is 7.13. The van der Waals surface area contributed by atoms with E-state index in [1.165, 1.54) is 16.0 Å². The number of thiophene rings is 1. The predicted molar refractivity (Wildman–Crippen MR) is 110 cm³/mol. The summed E-state index contributed by atoms with van der Waals surface area (Å²) in [5, 5.41) is 11.9. The molecule has 28 heavy (non-hydrogen) atoms. The van der Waals surface area contributed by atoms with E-state index in [1.807, 2.05) is 54.1 Å². The van der Waals surface area contributed by atoms with Crippen LogP contribution < -0.4 is 11.1 Å². The van der Waals surface area contributed by atoms with Crippen molar-refractivity contribution in [3.63, 3.8) is 0 Å². The maximum Gasteiger partial charge on any atom is 0.437 e. The fourth-order valence-electron chi connectivity index (χ4n) is 2.60. The van der Waals surface area contributed by atoms with Crippen LogP contribution in [-0.4, -0.2) is 20.7 Å². The zero-order valence-corrected chi connectivity index (χ0v) is 16.5. The van der Waals surface area contributed by atoms with Crippen LogP contribution in [0.1, 0.15) is 11.4 Å². The first-order chi connectivity index (χ1) is 13.6. The number of amides is 1. The highest BCUT2D eigenvalue weighted by Crippen LogP contribution is 2.23. The summed E-state index contributed by atoms with van der Waals surface area (Å²) in [5.74, 6) is -0.503. The standard InChI is InChI=1S/C19H16N4O3S2/c1-12-20-15(11-28-12)13-4-6-14(7-5-13)21-17(24)8-9-23-19(25)26-18(22-23)16-3-2-10-27-16/h2-7,10-11H,8-9H2,1H3,(H,21,24). The number of hydrogen-bond donors (Lipinski definition) is 1. The number of thiazole rings is 1. The van der Waals surface area contributed by atoms with Crippen molar-refractivity contribution in [1.82, 2.24) is 14.8 Å². The quantitative estimate of drug-likeness (QED) is 0.516. The van der Waals surface area contributed by atoms with Crippen LogP contribution in [0.3, 0.4) is 0 Å². The molecule has 7 nitrogen and oxygen atoms in total. The Balaban J connectivity index is 1.35. The largest absolute Gasteiger partial charge is 0.437 e. The molecular formula is C19H16N4O3S2. The van der Waals surface area contributed by atoms with E-state index >= 15 is 0 Å². The molecule has 3 heterocycles. The molecule has 1 aromatic carbocycles. The molecule has 0 aliphatic carbocycles. The van der Waals surface area contributed by atoms with E-state index in [-0.39, 0.29) is 24.8 Å². The maximum absolute atomic E-state index is 12.2. The van der Waals surface area contributed by atoms with Crippen molar-refractivity contribution in [3.8, 4) is 22.0 Å². The number of aromatic nitrogens is 3. The van der Waals surface area contributed by atoms with Gasteiger partial charge in [-0.25, -0.2) is 9.78 Å². The lowest BCUT2D eigenvalue weighted by atomic mass is 10.1. The van der Waals surface area contributed by atoms with Gasteiger partial charge >= 0.3 is 5.76 Å². The van der Waals surface area contributed by atoms with Crippen molar-refractivity contribution in [2.24, 2.45) is 0 Å². The maximum atomic E-state index is 12.2. The summed E-state index contributed by atoms with van der Waals surface area (Å²) in [6, 6.07) is 11.2. The van der Waals surface area contributed by atoms with Gasteiger partial charge in [0.05, 0.1) is 22.1 Å². The second-order valence-electron chi connectivity index (χ2n) is 6.00. The Morgan fingerprint density at radius 3 is 2.71 bits per heavy atom. The molecule has 0 bridgehead atoms. The summed E-state index contributed by atoms with van der Waals surface area (Å²) in [4.78, 5) is 29.3. The van der Waals surface area contributed by atoms with Gasteiger partial charge in [-0.1, -0.05) is 18.2 Å². The molecule has 0 saturated heterocycles. The van der Waals surface area contributed by atoms with Crippen molar-refractivity contribution in [1.29, 1.82) is 0 Å². The van der Waals surface area contributed by atoms with Crippen molar-refractivity contribution >= 4 is 34.3 Å². The van der Waals surface area contributed by atoms with E-state index in [1.54, 1.807) is 11.3 Å². The number of hydrogen-bond acceptors (Lipinski definition) is 7. The zero-order valence-electron chi connectivity index (χ0n) is 14.9. The zero-order chi connectivity index (χ0) is 19.5. The highest BCUT2D eigenvalue weighted by Gasteiger charge is 2.12. The second kappa shape index (κ2) is 7.91. The van der Waals surface area contributed by atoms with Gasteiger partial charge in [0.1, 0.15) is 0 Å². The molecule has 4 rings (SSSR count). The Morgan fingerprint density at radius 1 is 1.21 bits per heavy atom. The van der Waals surface area contributed by atoms with Gasteiger partial charge in [0, 0.05) is 23.1 Å². The van der Waals surface area contributed by atoms with E-state index in [0.717, 1.165) is 21.1 Å². The van der Waals surface area contributed by atoms with Gasteiger partial charge in [-0.3, -0.25) is 4.79 Å². The summed E-state index contributed by atoms with van der Waals surface area (Å²) < 4.78 is 6.31. The Morgan fingerprint density at radius 2 is 2.04 bits per heavy atom. The fourth-order valence-corrected chi connectivity index (χ4v) is 3.86. The number of nitrogens with one attached hydrogen (secondary N) is 1. The van der Waals surface area contributed by atoms with Crippen LogP contribution in [0.25, 0.3) is 22.0 Å². The van der Waals surface area contributed by atoms with Gasteiger partial charge in [-0.2, -0.15) is 4.68 Å². The molecule has 1 amide bonds. The molecule has 0 saturated carbocycles. The first-order valence-electron chi connectivity index (χ1n) is 8.53. The van der Waals surface area contributed by atoms with E-state index < -0.39 is 5.76 Å². The van der Waals surface area contributed by atoms with Crippen LogP contribution in [0, 0.1) is 6.92 Å². The van der Waals surface area contributed by atoms with Gasteiger partial charge in [0.25, 0.3) is 5.89 Å². The summed E-state index contributed by atoms with van der Waals surface area (Å²) in [6.07, 6.45) is 0.114. The molecule has 142 valence electrons. The topological polar surface area (TPSA) is 90.0 Å². The van der Waals surface area contributed by atoms with Crippen molar-refractivity contribution in [2.45, 2.75) is 19.9 Å². The van der Waals surface area contributed by atoms with E-state index in [4.69, 9.17) is 4.42 Å². The number of benzene rings is 1. The molecule has 1 N–H and O–H groups in total. The predicted octanol–water partition coefficient (Wildman–Crippen LogP) is 4.03. The van der Waals surface area contributed by atoms with Gasteiger partial charge in [-0.15, -0.1) is 27.8 Å². The summed E-state index contributed by atoms with van der Waals surface area (Å²) in [7, 11) is 0. The van der Waals surface area contributed by atoms with Gasteiger partial charge in [-0.05, 0) is 30.5 Å². The van der Waals surface area contributed by atoms with Crippen LogP contribution in [0.15, 0.2) is 56.4 Å². The van der Waals surface area contributed by atoms with Crippen LogP contribution in [0.4, 0.5) is 5.69 Å². The molecule has 9 heteroatoms. The minimum atomic E-state index is -0.570. The summed E-state index contributed by atoms with van der Waals surface area (Å²) >= 11 is 3.03. The lowest BCUT2D eigenvalue weighted by Crippen LogP contribution is -2.20. The molecular weight excluding hydrogens is 396 g/mol. The van der Waals surface area contributed by atoms with Gasteiger partial charge in [0.2, 0.25) is 5.91 Å². The minimum absolute atomic E-state index is 0.114. The molecule has 3 aromatic heterocycles. The molecule has 0 spiro atoms. The second-order valence-corrected chi connectivity index (χ2v) is 8.01. The van der Waals surface area contributed by atoms with Crippen LogP contribution >= 0.6 is 22.7 Å². The van der Waals surface area contributed by atoms with Gasteiger partial charge < -0.3 is 9.73 Å². The molecule has 0 unspecified atom stereocenters. The molecule has 4 aromatic rings. The first-order valence-corrected chi connectivity index (χ1v) is 10.3. The molecule has 0 radical (unpaired) electrons. The van der Waals surface area contributed by atoms with Crippen molar-refractivity contribution in [2.75, 3.05) is 5.32 Å². The lowest BCUT2D eigenvalue weighted by Gasteiger charge is -2.05. The third-order valence-corrected chi connectivity index (χ3v) is 5.60. The molecule has 0 fully saturated rings. The van der Waals surface area contributed by atoms with Crippen molar-refractivity contribution in [3.05, 3.63) is 62.7 Å². The molecule has 0 aliphatic heterocycles. The third kappa shape index (κ3) is 4.10. The van der Waals surface area contributed by atoms with Crippen molar-refractivity contribution < 1.29 is 9.21 Å². The fraction of sp³-hybridized carbons (Fsp3) is 0.158. The van der Waals surface area contributed by atoms with Crippen LogP contribution in [0.5, 0.6) is 0 Å². The Hall–Kier alpha value is -3.04. The van der Waals surface area contributed by atoms with E-state index in [0.29, 0.717) is 5.69 Å². The van der Waals surface area contributed by atoms with Gasteiger partial charge in [0.15, 0.2) is 0 Å².